The van der Waals surface area contributed by atoms with E-state index in [1.165, 1.54) is 0 Å². The average Bonchev–Trinajstić information content (AvgIpc) is 2.71. The first-order chi connectivity index (χ1) is 13.4. The molecule has 0 aromatic heterocycles. The molecule has 8 nitrogen and oxygen atoms in total. The maximum atomic E-state index is 12.6. The predicted octanol–water partition coefficient (Wildman–Crippen LogP) is 1.58. The number of nitrogens with one attached hydrogen (secondary N) is 2. The van der Waals surface area contributed by atoms with Crippen LogP contribution in [0.4, 0.5) is 10.5 Å². The fourth-order valence-electron chi connectivity index (χ4n) is 3.17. The van der Waals surface area contributed by atoms with Crippen molar-refractivity contribution >= 4 is 17.6 Å². The molecule has 1 aliphatic rings. The molecule has 0 radical (unpaired) electrons. The van der Waals surface area contributed by atoms with Crippen LogP contribution in [0.15, 0.2) is 24.3 Å². The number of ether oxygens (including phenoxy) is 1. The maximum absolute atomic E-state index is 12.6. The Morgan fingerprint density at radius 1 is 1.25 bits per heavy atom. The summed E-state index contributed by atoms with van der Waals surface area (Å²) in [4.78, 5) is 28.8. The summed E-state index contributed by atoms with van der Waals surface area (Å²) in [7, 11) is 1.64. The third-order valence-corrected chi connectivity index (χ3v) is 4.65. The zero-order valence-electron chi connectivity index (χ0n) is 16.8. The second-order valence-electron chi connectivity index (χ2n) is 7.18. The van der Waals surface area contributed by atoms with E-state index >= 15 is 0 Å². The molecule has 3 amide bonds. The van der Waals surface area contributed by atoms with Crippen molar-refractivity contribution in [2.24, 2.45) is 5.92 Å². The molecule has 1 heterocycles. The normalized spacial score (nSPS) is 15.0. The first kappa shape index (κ1) is 21.4. The molecule has 1 atom stereocenters. The highest BCUT2D eigenvalue weighted by atomic mass is 16.5. The van der Waals surface area contributed by atoms with Crippen molar-refractivity contribution < 1.29 is 14.3 Å². The van der Waals surface area contributed by atoms with Crippen molar-refractivity contribution in [3.63, 3.8) is 0 Å². The molecule has 1 saturated heterocycles. The Kier molecular flexibility index (Phi) is 7.93. The Morgan fingerprint density at radius 3 is 2.57 bits per heavy atom. The molecule has 8 heteroatoms. The lowest BCUT2D eigenvalue weighted by molar-refractivity contribution is -0.123. The van der Waals surface area contributed by atoms with Gasteiger partial charge in [0.25, 0.3) is 0 Å². The summed E-state index contributed by atoms with van der Waals surface area (Å²) in [5.74, 6) is 0.722. The molecule has 0 bridgehead atoms. The largest absolute Gasteiger partial charge is 0.497 e. The molecular formula is C20H29N5O3. The van der Waals surface area contributed by atoms with E-state index in [1.807, 2.05) is 44.2 Å². The number of nitriles is 1. The molecule has 2 N–H and O–H groups in total. The Morgan fingerprint density at radius 2 is 1.96 bits per heavy atom. The van der Waals surface area contributed by atoms with Gasteiger partial charge in [-0.1, -0.05) is 19.9 Å². The highest BCUT2D eigenvalue weighted by molar-refractivity contribution is 5.87. The van der Waals surface area contributed by atoms with Gasteiger partial charge in [-0.25, -0.2) is 4.79 Å². The van der Waals surface area contributed by atoms with Gasteiger partial charge in [0.05, 0.1) is 13.2 Å². The zero-order valence-corrected chi connectivity index (χ0v) is 16.8. The maximum Gasteiger partial charge on any atom is 0.318 e. The third kappa shape index (κ3) is 6.05. The molecule has 1 aromatic rings. The Labute approximate surface area is 166 Å². The van der Waals surface area contributed by atoms with Gasteiger partial charge in [-0.05, 0) is 24.5 Å². The number of nitrogens with zero attached hydrogens (tertiary/aromatic N) is 3. The topological polar surface area (TPSA) is 97.7 Å². The standard InChI is InChI=1S/C20H29N5O3/c1-15(2)13-18(19(26)22-8-7-21)23-20(27)25-11-9-24(10-12-25)16-5-4-6-17(14-16)28-3/h4-6,14-15,18H,8-13H2,1-3H3,(H,22,26)(H,23,27)/t18-/m0/s1. The number of hydrogen-bond acceptors (Lipinski definition) is 5. The van der Waals surface area contributed by atoms with Gasteiger partial charge in [0, 0.05) is 37.9 Å². The van der Waals surface area contributed by atoms with E-state index in [0.29, 0.717) is 32.6 Å². The molecular weight excluding hydrogens is 358 g/mol. The Hall–Kier alpha value is -2.95. The smallest absolute Gasteiger partial charge is 0.318 e. The average molecular weight is 387 g/mol. The summed E-state index contributed by atoms with van der Waals surface area (Å²) in [5.41, 5.74) is 1.06. The van der Waals surface area contributed by atoms with Crippen molar-refractivity contribution in [3.8, 4) is 11.8 Å². The second-order valence-corrected chi connectivity index (χ2v) is 7.18. The molecule has 0 unspecified atom stereocenters. The number of amides is 3. The van der Waals surface area contributed by atoms with Crippen LogP contribution in [0.1, 0.15) is 20.3 Å². The predicted molar refractivity (Wildman–Crippen MR) is 107 cm³/mol. The van der Waals surface area contributed by atoms with E-state index in [9.17, 15) is 9.59 Å². The van der Waals surface area contributed by atoms with Crippen molar-refractivity contribution in [3.05, 3.63) is 24.3 Å². The quantitative estimate of drug-likeness (QED) is 0.693. The van der Waals surface area contributed by atoms with Gasteiger partial charge in [-0.3, -0.25) is 4.79 Å². The summed E-state index contributed by atoms with van der Waals surface area (Å²) in [5, 5.41) is 14.0. The summed E-state index contributed by atoms with van der Waals surface area (Å²) < 4.78 is 5.27. The van der Waals surface area contributed by atoms with Crippen LogP contribution in [0.3, 0.4) is 0 Å². The van der Waals surface area contributed by atoms with Crippen molar-refractivity contribution in [1.29, 1.82) is 5.26 Å². The van der Waals surface area contributed by atoms with Crippen LogP contribution in [0.25, 0.3) is 0 Å². The minimum absolute atomic E-state index is 0.0670. The van der Waals surface area contributed by atoms with Crippen LogP contribution < -0.4 is 20.3 Å². The van der Waals surface area contributed by atoms with Crippen LogP contribution in [-0.2, 0) is 4.79 Å². The van der Waals surface area contributed by atoms with E-state index in [-0.39, 0.29) is 24.4 Å². The highest BCUT2D eigenvalue weighted by Crippen LogP contribution is 2.22. The van der Waals surface area contributed by atoms with Crippen LogP contribution in [0, 0.1) is 17.2 Å². The van der Waals surface area contributed by atoms with Gasteiger partial charge < -0.3 is 25.2 Å². The minimum Gasteiger partial charge on any atom is -0.497 e. The van der Waals surface area contributed by atoms with E-state index in [0.717, 1.165) is 11.4 Å². The molecule has 2 rings (SSSR count). The van der Waals surface area contributed by atoms with Crippen LogP contribution in [0.5, 0.6) is 5.75 Å². The molecule has 0 spiro atoms. The van der Waals surface area contributed by atoms with Crippen molar-refractivity contribution in [2.75, 3.05) is 44.7 Å². The number of methoxy groups -OCH3 is 1. The first-order valence-corrected chi connectivity index (χ1v) is 9.53. The lowest BCUT2D eigenvalue weighted by Gasteiger charge is -2.36. The highest BCUT2D eigenvalue weighted by Gasteiger charge is 2.26. The first-order valence-electron chi connectivity index (χ1n) is 9.53. The van der Waals surface area contributed by atoms with Gasteiger partial charge in [0.2, 0.25) is 5.91 Å². The number of carbonyl (C=O) groups excluding carboxylic acids is 2. The van der Waals surface area contributed by atoms with Crippen LogP contribution in [-0.4, -0.2) is 62.7 Å². The molecule has 0 aliphatic carbocycles. The number of anilines is 1. The van der Waals surface area contributed by atoms with Gasteiger partial charge in [0.1, 0.15) is 18.3 Å². The van der Waals surface area contributed by atoms with Gasteiger partial charge in [0.15, 0.2) is 0 Å². The molecule has 0 saturated carbocycles. The number of piperazine rings is 1. The Bertz CT molecular complexity index is 708. The minimum atomic E-state index is -0.641. The SMILES string of the molecule is COc1cccc(N2CCN(C(=O)N[C@@H](CC(C)C)C(=O)NCC#N)CC2)c1. The van der Waals surface area contributed by atoms with Gasteiger partial charge >= 0.3 is 6.03 Å². The van der Waals surface area contributed by atoms with E-state index < -0.39 is 6.04 Å². The number of hydrogen-bond donors (Lipinski definition) is 2. The molecule has 152 valence electrons. The molecule has 1 aromatic carbocycles. The summed E-state index contributed by atoms with van der Waals surface area (Å²) in [6.07, 6.45) is 0.521. The zero-order chi connectivity index (χ0) is 20.5. The van der Waals surface area contributed by atoms with E-state index in [1.54, 1.807) is 12.0 Å². The van der Waals surface area contributed by atoms with Crippen molar-refractivity contribution in [1.82, 2.24) is 15.5 Å². The lowest BCUT2D eigenvalue weighted by Crippen LogP contribution is -2.56. The molecule has 1 fully saturated rings. The van der Waals surface area contributed by atoms with Crippen LogP contribution in [0.2, 0.25) is 0 Å². The fourth-order valence-corrected chi connectivity index (χ4v) is 3.17. The van der Waals surface area contributed by atoms with E-state index in [2.05, 4.69) is 15.5 Å². The second kappa shape index (κ2) is 10.4. The fraction of sp³-hybridized carbons (Fsp3) is 0.550. The molecule has 28 heavy (non-hydrogen) atoms. The van der Waals surface area contributed by atoms with Crippen molar-refractivity contribution in [2.45, 2.75) is 26.3 Å². The lowest BCUT2D eigenvalue weighted by atomic mass is 10.0. The number of urea groups is 1. The summed E-state index contributed by atoms with van der Waals surface area (Å²) in [6, 6.07) is 8.85. The van der Waals surface area contributed by atoms with E-state index in [4.69, 9.17) is 10.00 Å². The van der Waals surface area contributed by atoms with Crippen LogP contribution >= 0.6 is 0 Å². The summed E-state index contributed by atoms with van der Waals surface area (Å²) in [6.45, 7) is 6.45. The number of benzene rings is 1. The third-order valence-electron chi connectivity index (χ3n) is 4.65. The Balaban J connectivity index is 1.91. The number of carbonyl (C=O) groups is 2. The monoisotopic (exact) mass is 387 g/mol. The molecule has 1 aliphatic heterocycles. The van der Waals surface area contributed by atoms with Gasteiger partial charge in [-0.15, -0.1) is 0 Å². The number of rotatable bonds is 7. The van der Waals surface area contributed by atoms with Gasteiger partial charge in [-0.2, -0.15) is 5.26 Å². The summed E-state index contributed by atoms with van der Waals surface area (Å²) >= 11 is 0.